The zero-order valence-electron chi connectivity index (χ0n) is 15.6. The summed E-state index contributed by atoms with van der Waals surface area (Å²) in [5, 5.41) is 14.9. The number of nitrogens with one attached hydrogen (secondary N) is 2. The molecule has 0 aliphatic rings. The third kappa shape index (κ3) is 6.95. The maximum atomic E-state index is 12.1. The van der Waals surface area contributed by atoms with Crippen LogP contribution >= 0.6 is 39.0 Å². The summed E-state index contributed by atoms with van der Waals surface area (Å²) >= 11 is 6.14. The smallest absolute Gasteiger partial charge is 0.251 e. The number of carbonyl (C=O) groups excluding carboxylic acids is 2. The Kier molecular flexibility index (Phi) is 7.79. The second-order valence-corrected chi connectivity index (χ2v) is 9.19. The predicted molar refractivity (Wildman–Crippen MR) is 121 cm³/mol. The number of rotatable bonds is 8. The molecule has 0 aliphatic heterocycles. The molecular formula is C20H19BrN4O2S2. The van der Waals surface area contributed by atoms with Gasteiger partial charge in [-0.1, -0.05) is 51.0 Å². The molecule has 1 heterocycles. The molecule has 0 spiro atoms. The lowest BCUT2D eigenvalue weighted by atomic mass is 10.2. The Bertz CT molecular complexity index is 992. The molecule has 1 aromatic heterocycles. The van der Waals surface area contributed by atoms with Gasteiger partial charge in [0.05, 0.1) is 5.75 Å². The van der Waals surface area contributed by atoms with Gasteiger partial charge in [-0.05, 0) is 37.3 Å². The highest BCUT2D eigenvalue weighted by atomic mass is 79.9. The highest BCUT2D eigenvalue weighted by Crippen LogP contribution is 2.20. The van der Waals surface area contributed by atoms with Gasteiger partial charge in [-0.25, -0.2) is 0 Å². The topological polar surface area (TPSA) is 84.0 Å². The number of benzene rings is 2. The summed E-state index contributed by atoms with van der Waals surface area (Å²) < 4.78 is 0.857. The third-order valence-corrected chi connectivity index (χ3v) is 6.22. The third-order valence-electron chi connectivity index (χ3n) is 3.82. The highest BCUT2D eigenvalue weighted by molar-refractivity contribution is 9.10. The van der Waals surface area contributed by atoms with Crippen LogP contribution in [0, 0.1) is 6.92 Å². The number of hydrogen-bond donors (Lipinski definition) is 2. The summed E-state index contributed by atoms with van der Waals surface area (Å²) in [4.78, 5) is 25.3. The van der Waals surface area contributed by atoms with Crippen LogP contribution in [0.15, 0.2) is 57.9 Å². The van der Waals surface area contributed by atoms with Gasteiger partial charge in [0, 0.05) is 27.9 Å². The molecular weight excluding hydrogens is 472 g/mol. The van der Waals surface area contributed by atoms with Gasteiger partial charge < -0.3 is 5.32 Å². The molecule has 29 heavy (non-hydrogen) atoms. The van der Waals surface area contributed by atoms with Gasteiger partial charge in [0.1, 0.15) is 5.01 Å². The van der Waals surface area contributed by atoms with Crippen LogP contribution in [0.5, 0.6) is 0 Å². The number of halogens is 1. The number of amides is 2. The Morgan fingerprint density at radius 3 is 2.69 bits per heavy atom. The number of nitrogens with zero attached hydrogens (tertiary/aromatic N) is 2. The zero-order valence-corrected chi connectivity index (χ0v) is 18.9. The lowest BCUT2D eigenvalue weighted by molar-refractivity contribution is -0.113. The first-order valence-electron chi connectivity index (χ1n) is 8.85. The maximum Gasteiger partial charge on any atom is 0.251 e. The van der Waals surface area contributed by atoms with E-state index < -0.39 is 0 Å². The minimum atomic E-state index is -0.141. The van der Waals surface area contributed by atoms with Crippen molar-refractivity contribution in [2.75, 3.05) is 17.6 Å². The van der Waals surface area contributed by atoms with Gasteiger partial charge in [0.2, 0.25) is 11.0 Å². The molecule has 0 atom stereocenters. The standard InChI is InChI=1S/C20H19BrN4O2S2/c1-13-5-7-16(8-6-13)28-12-17(26)23-20-25-24-18(29-20)9-10-22-19(27)14-3-2-4-15(21)11-14/h2-8,11H,9-10,12H2,1H3,(H,22,27)(H,23,25,26). The largest absolute Gasteiger partial charge is 0.352 e. The van der Waals surface area contributed by atoms with Gasteiger partial charge in [-0.3, -0.25) is 14.9 Å². The van der Waals surface area contributed by atoms with E-state index in [4.69, 9.17) is 0 Å². The average molecular weight is 491 g/mol. The normalized spacial score (nSPS) is 10.6. The van der Waals surface area contributed by atoms with Crippen LogP contribution in [0.4, 0.5) is 5.13 Å². The van der Waals surface area contributed by atoms with E-state index >= 15 is 0 Å². The second kappa shape index (κ2) is 10.5. The fourth-order valence-corrected chi connectivity index (χ4v) is 4.21. The molecule has 150 valence electrons. The van der Waals surface area contributed by atoms with Gasteiger partial charge >= 0.3 is 0 Å². The Morgan fingerprint density at radius 2 is 1.93 bits per heavy atom. The van der Waals surface area contributed by atoms with E-state index in [1.165, 1.54) is 28.7 Å². The molecule has 0 aliphatic carbocycles. The van der Waals surface area contributed by atoms with E-state index in [2.05, 4.69) is 36.8 Å². The summed E-state index contributed by atoms with van der Waals surface area (Å²) in [6.45, 7) is 2.47. The molecule has 0 fully saturated rings. The molecule has 0 unspecified atom stereocenters. The van der Waals surface area contributed by atoms with E-state index in [0.717, 1.165) is 14.4 Å². The SMILES string of the molecule is Cc1ccc(SCC(=O)Nc2nnc(CCNC(=O)c3cccc(Br)c3)s2)cc1. The Morgan fingerprint density at radius 1 is 1.14 bits per heavy atom. The number of anilines is 1. The number of carbonyl (C=O) groups is 2. The summed E-state index contributed by atoms with van der Waals surface area (Å²) in [5.41, 5.74) is 1.78. The zero-order chi connectivity index (χ0) is 20.6. The van der Waals surface area contributed by atoms with Crippen molar-refractivity contribution in [1.29, 1.82) is 0 Å². The van der Waals surface area contributed by atoms with Crippen molar-refractivity contribution in [2.45, 2.75) is 18.2 Å². The van der Waals surface area contributed by atoms with Crippen LogP contribution in [-0.2, 0) is 11.2 Å². The van der Waals surface area contributed by atoms with Crippen LogP contribution in [0.1, 0.15) is 20.9 Å². The van der Waals surface area contributed by atoms with Gasteiger partial charge in [-0.2, -0.15) is 0 Å². The van der Waals surface area contributed by atoms with Crippen molar-refractivity contribution in [3.8, 4) is 0 Å². The summed E-state index contributed by atoms with van der Waals surface area (Å²) in [7, 11) is 0. The molecule has 0 bridgehead atoms. The Balaban J connectivity index is 1.41. The van der Waals surface area contributed by atoms with E-state index in [1.54, 1.807) is 12.1 Å². The Labute approximate surface area is 185 Å². The number of aromatic nitrogens is 2. The van der Waals surface area contributed by atoms with E-state index in [-0.39, 0.29) is 11.8 Å². The maximum absolute atomic E-state index is 12.1. The van der Waals surface area contributed by atoms with Gasteiger partial charge in [0.25, 0.3) is 5.91 Å². The molecule has 2 N–H and O–H groups in total. The number of thioether (sulfide) groups is 1. The first-order chi connectivity index (χ1) is 14.0. The molecule has 2 aromatic carbocycles. The lowest BCUT2D eigenvalue weighted by Gasteiger charge is -2.04. The summed E-state index contributed by atoms with van der Waals surface area (Å²) in [6, 6.07) is 15.2. The van der Waals surface area contributed by atoms with E-state index in [9.17, 15) is 9.59 Å². The minimum Gasteiger partial charge on any atom is -0.352 e. The Hall–Kier alpha value is -2.23. The van der Waals surface area contributed by atoms with E-state index in [1.807, 2.05) is 43.3 Å². The monoisotopic (exact) mass is 490 g/mol. The molecule has 3 rings (SSSR count). The molecule has 6 nitrogen and oxygen atoms in total. The highest BCUT2D eigenvalue weighted by Gasteiger charge is 2.10. The van der Waals surface area contributed by atoms with Crippen molar-refractivity contribution in [3.63, 3.8) is 0 Å². The predicted octanol–water partition coefficient (Wildman–Crippen LogP) is 4.31. The van der Waals surface area contributed by atoms with Crippen molar-refractivity contribution in [1.82, 2.24) is 15.5 Å². The molecule has 0 saturated carbocycles. The van der Waals surface area contributed by atoms with Crippen LogP contribution < -0.4 is 10.6 Å². The van der Waals surface area contributed by atoms with Crippen molar-refractivity contribution in [3.05, 3.63) is 69.1 Å². The second-order valence-electron chi connectivity index (χ2n) is 6.17. The van der Waals surface area contributed by atoms with Crippen LogP contribution in [0.3, 0.4) is 0 Å². The van der Waals surface area contributed by atoms with E-state index in [0.29, 0.717) is 29.4 Å². The van der Waals surface area contributed by atoms with Crippen molar-refractivity contribution < 1.29 is 9.59 Å². The molecule has 2 amide bonds. The summed E-state index contributed by atoms with van der Waals surface area (Å²) in [5.74, 6) is 0.0411. The molecule has 0 radical (unpaired) electrons. The van der Waals surface area contributed by atoms with Crippen molar-refractivity contribution >= 4 is 56.0 Å². The molecule has 9 heteroatoms. The van der Waals surface area contributed by atoms with Crippen LogP contribution in [0.2, 0.25) is 0 Å². The van der Waals surface area contributed by atoms with Gasteiger partial charge in [0.15, 0.2) is 0 Å². The number of aryl methyl sites for hydroxylation is 1. The van der Waals surface area contributed by atoms with Crippen LogP contribution in [-0.4, -0.2) is 34.3 Å². The fraction of sp³-hybridized carbons (Fsp3) is 0.200. The number of hydrogen-bond acceptors (Lipinski definition) is 6. The lowest BCUT2D eigenvalue weighted by Crippen LogP contribution is -2.25. The average Bonchev–Trinajstić information content (AvgIpc) is 3.14. The van der Waals surface area contributed by atoms with Gasteiger partial charge in [-0.15, -0.1) is 22.0 Å². The fourth-order valence-electron chi connectivity index (χ4n) is 2.36. The molecule has 0 saturated heterocycles. The first kappa shape index (κ1) is 21.5. The first-order valence-corrected chi connectivity index (χ1v) is 11.4. The minimum absolute atomic E-state index is 0.124. The molecule has 3 aromatic rings. The van der Waals surface area contributed by atoms with Crippen molar-refractivity contribution in [2.24, 2.45) is 0 Å². The summed E-state index contributed by atoms with van der Waals surface area (Å²) in [6.07, 6.45) is 0.547. The van der Waals surface area contributed by atoms with Crippen LogP contribution in [0.25, 0.3) is 0 Å². The quantitative estimate of drug-likeness (QED) is 0.459.